The zero-order chi connectivity index (χ0) is 15.8. The van der Waals surface area contributed by atoms with Gasteiger partial charge in [0.25, 0.3) is 0 Å². The van der Waals surface area contributed by atoms with Gasteiger partial charge >= 0.3 is 0 Å². The molecule has 0 spiro atoms. The van der Waals surface area contributed by atoms with Crippen LogP contribution in [0.25, 0.3) is 0 Å². The third kappa shape index (κ3) is 2.53. The molecule has 23 heavy (non-hydrogen) atoms. The van der Waals surface area contributed by atoms with Gasteiger partial charge < -0.3 is 19.9 Å². The number of hydrogen-bond acceptors (Lipinski definition) is 4. The van der Waals surface area contributed by atoms with Crippen molar-refractivity contribution in [2.45, 2.75) is 25.0 Å². The first-order valence-corrected chi connectivity index (χ1v) is 8.11. The summed E-state index contributed by atoms with van der Waals surface area (Å²) >= 11 is 0. The van der Waals surface area contributed by atoms with Gasteiger partial charge in [-0.25, -0.2) is 0 Å². The van der Waals surface area contributed by atoms with Gasteiger partial charge in [0.15, 0.2) is 0 Å². The Bertz CT molecular complexity index is 716. The van der Waals surface area contributed by atoms with E-state index in [1.807, 2.05) is 18.2 Å². The number of ether oxygens (including phenoxy) is 2. The molecule has 0 aromatic heterocycles. The topological polar surface area (TPSA) is 50.7 Å². The molecule has 4 rings (SSSR count). The minimum atomic E-state index is 0.0717. The molecule has 2 aliphatic rings. The molecule has 0 amide bonds. The van der Waals surface area contributed by atoms with Crippen LogP contribution in [0.2, 0.25) is 0 Å². The van der Waals surface area contributed by atoms with Crippen LogP contribution >= 0.6 is 0 Å². The molecule has 3 atom stereocenters. The second-order valence-electron chi connectivity index (χ2n) is 6.27. The Hall–Kier alpha value is -2.20. The summed E-state index contributed by atoms with van der Waals surface area (Å²) in [6.07, 6.45) is 2.24. The number of nitrogens with one attached hydrogen (secondary N) is 1. The van der Waals surface area contributed by atoms with E-state index in [1.165, 1.54) is 5.56 Å². The van der Waals surface area contributed by atoms with Crippen LogP contribution in [0.4, 0.5) is 5.69 Å². The Morgan fingerprint density at radius 3 is 2.96 bits per heavy atom. The van der Waals surface area contributed by atoms with Crippen LogP contribution in [0.3, 0.4) is 0 Å². The van der Waals surface area contributed by atoms with Gasteiger partial charge in [-0.2, -0.15) is 0 Å². The van der Waals surface area contributed by atoms with Crippen molar-refractivity contribution in [1.82, 2.24) is 0 Å². The SMILES string of the molecule is COc1ccc2c(c1)[C@H]1OCCC[C@H]1C(c1cccc(O)c1)N2. The van der Waals surface area contributed by atoms with Crippen molar-refractivity contribution in [3.63, 3.8) is 0 Å². The van der Waals surface area contributed by atoms with Crippen molar-refractivity contribution in [3.8, 4) is 11.5 Å². The first-order valence-electron chi connectivity index (χ1n) is 8.11. The summed E-state index contributed by atoms with van der Waals surface area (Å²) in [5.74, 6) is 1.51. The maximum atomic E-state index is 9.83. The number of fused-ring (bicyclic) bond motifs is 3. The van der Waals surface area contributed by atoms with E-state index in [4.69, 9.17) is 9.47 Å². The molecule has 0 bridgehead atoms. The van der Waals surface area contributed by atoms with Gasteiger partial charge in [0.1, 0.15) is 11.5 Å². The summed E-state index contributed by atoms with van der Waals surface area (Å²) in [5, 5.41) is 13.5. The molecule has 2 N–H and O–H groups in total. The highest BCUT2D eigenvalue weighted by Crippen LogP contribution is 2.49. The molecule has 1 unspecified atom stereocenters. The summed E-state index contributed by atoms with van der Waals surface area (Å²) < 4.78 is 11.5. The number of hydrogen-bond donors (Lipinski definition) is 2. The molecule has 2 aromatic rings. The Labute approximate surface area is 136 Å². The summed E-state index contributed by atoms with van der Waals surface area (Å²) in [5.41, 5.74) is 3.36. The molecule has 0 radical (unpaired) electrons. The first kappa shape index (κ1) is 14.4. The molecular formula is C19H21NO3. The monoisotopic (exact) mass is 311 g/mol. The standard InChI is InChI=1S/C19H21NO3/c1-22-14-7-8-17-16(11-14)19-15(6-3-9-23-19)18(20-17)12-4-2-5-13(21)10-12/h2,4-5,7-8,10-11,15,18-21H,3,6,9H2,1H3/t15-,18?,19-/m0/s1. The summed E-state index contributed by atoms with van der Waals surface area (Å²) in [4.78, 5) is 0. The van der Waals surface area contributed by atoms with Gasteiger partial charge in [0.05, 0.1) is 19.3 Å². The van der Waals surface area contributed by atoms with Crippen molar-refractivity contribution in [1.29, 1.82) is 0 Å². The second kappa shape index (κ2) is 5.78. The number of phenolic OH excluding ortho intramolecular Hbond substituents is 1. The Balaban J connectivity index is 1.77. The highest BCUT2D eigenvalue weighted by molar-refractivity contribution is 5.59. The summed E-state index contributed by atoms with van der Waals surface area (Å²) in [7, 11) is 1.69. The maximum absolute atomic E-state index is 9.83. The molecule has 2 heterocycles. The fourth-order valence-electron chi connectivity index (χ4n) is 3.82. The number of methoxy groups -OCH3 is 1. The average Bonchev–Trinajstić information content (AvgIpc) is 2.60. The number of anilines is 1. The largest absolute Gasteiger partial charge is 0.508 e. The number of phenols is 1. The van der Waals surface area contributed by atoms with Crippen LogP contribution in [0.1, 0.15) is 36.1 Å². The van der Waals surface area contributed by atoms with Gasteiger partial charge in [-0.05, 0) is 48.7 Å². The van der Waals surface area contributed by atoms with E-state index >= 15 is 0 Å². The van der Waals surface area contributed by atoms with E-state index in [2.05, 4.69) is 23.5 Å². The van der Waals surface area contributed by atoms with Crippen molar-refractivity contribution >= 4 is 5.69 Å². The molecular weight excluding hydrogens is 290 g/mol. The predicted molar refractivity (Wildman–Crippen MR) is 88.9 cm³/mol. The maximum Gasteiger partial charge on any atom is 0.119 e. The molecule has 0 aliphatic carbocycles. The van der Waals surface area contributed by atoms with Gasteiger partial charge in [0, 0.05) is 23.8 Å². The molecule has 4 nitrogen and oxygen atoms in total. The van der Waals surface area contributed by atoms with Gasteiger partial charge in [-0.15, -0.1) is 0 Å². The average molecular weight is 311 g/mol. The second-order valence-corrected chi connectivity index (χ2v) is 6.27. The molecule has 1 saturated heterocycles. The fraction of sp³-hybridized carbons (Fsp3) is 0.368. The Morgan fingerprint density at radius 1 is 1.22 bits per heavy atom. The highest BCUT2D eigenvalue weighted by Gasteiger charge is 2.40. The lowest BCUT2D eigenvalue weighted by Crippen LogP contribution is -2.35. The number of aromatic hydroxyl groups is 1. The Kier molecular flexibility index (Phi) is 3.62. The van der Waals surface area contributed by atoms with Crippen molar-refractivity contribution < 1.29 is 14.6 Å². The van der Waals surface area contributed by atoms with Crippen molar-refractivity contribution in [2.75, 3.05) is 19.0 Å². The third-order valence-electron chi connectivity index (χ3n) is 4.90. The van der Waals surface area contributed by atoms with Gasteiger partial charge in [-0.3, -0.25) is 0 Å². The zero-order valence-electron chi connectivity index (χ0n) is 13.2. The normalized spacial score (nSPS) is 25.9. The van der Waals surface area contributed by atoms with E-state index in [9.17, 15) is 5.11 Å². The molecule has 1 fully saturated rings. The number of rotatable bonds is 2. The molecule has 0 saturated carbocycles. The van der Waals surface area contributed by atoms with Gasteiger partial charge in [0.2, 0.25) is 0 Å². The first-order chi connectivity index (χ1) is 11.3. The van der Waals surface area contributed by atoms with E-state index in [-0.39, 0.29) is 12.1 Å². The minimum absolute atomic E-state index is 0.0717. The van der Waals surface area contributed by atoms with Crippen molar-refractivity contribution in [2.24, 2.45) is 5.92 Å². The van der Waals surface area contributed by atoms with E-state index < -0.39 is 0 Å². The lowest BCUT2D eigenvalue weighted by molar-refractivity contribution is -0.0382. The summed E-state index contributed by atoms with van der Waals surface area (Å²) in [6, 6.07) is 13.8. The molecule has 4 heteroatoms. The highest BCUT2D eigenvalue weighted by atomic mass is 16.5. The third-order valence-corrected chi connectivity index (χ3v) is 4.90. The van der Waals surface area contributed by atoms with Crippen LogP contribution in [0.15, 0.2) is 42.5 Å². The number of benzene rings is 2. The quantitative estimate of drug-likeness (QED) is 0.879. The summed E-state index contributed by atoms with van der Waals surface area (Å²) in [6.45, 7) is 0.796. The minimum Gasteiger partial charge on any atom is -0.508 e. The molecule has 2 aromatic carbocycles. The van der Waals surface area contributed by atoms with E-state index in [0.717, 1.165) is 36.4 Å². The van der Waals surface area contributed by atoms with Crippen LogP contribution in [-0.2, 0) is 4.74 Å². The van der Waals surface area contributed by atoms with Crippen LogP contribution < -0.4 is 10.1 Å². The molecule has 120 valence electrons. The lowest BCUT2D eigenvalue weighted by atomic mass is 9.77. The van der Waals surface area contributed by atoms with E-state index in [1.54, 1.807) is 13.2 Å². The smallest absolute Gasteiger partial charge is 0.119 e. The van der Waals surface area contributed by atoms with Crippen LogP contribution in [0, 0.1) is 5.92 Å². The van der Waals surface area contributed by atoms with Crippen LogP contribution in [0.5, 0.6) is 11.5 Å². The molecule has 2 aliphatic heterocycles. The zero-order valence-corrected chi connectivity index (χ0v) is 13.2. The van der Waals surface area contributed by atoms with E-state index in [0.29, 0.717) is 11.7 Å². The van der Waals surface area contributed by atoms with Crippen LogP contribution in [-0.4, -0.2) is 18.8 Å². The Morgan fingerprint density at radius 2 is 2.13 bits per heavy atom. The lowest BCUT2D eigenvalue weighted by Gasteiger charge is -2.43. The van der Waals surface area contributed by atoms with Gasteiger partial charge in [-0.1, -0.05) is 12.1 Å². The van der Waals surface area contributed by atoms with Crippen molar-refractivity contribution in [3.05, 3.63) is 53.6 Å². The fourth-order valence-corrected chi connectivity index (χ4v) is 3.82. The predicted octanol–water partition coefficient (Wildman–Crippen LogP) is 4.04.